The molecule has 0 spiro atoms. The molecule has 0 saturated carbocycles. The molecule has 0 saturated heterocycles. The van der Waals surface area contributed by atoms with Gasteiger partial charge in [0.2, 0.25) is 5.91 Å². The van der Waals surface area contributed by atoms with Gasteiger partial charge < -0.3 is 10.5 Å². The SMILES string of the molecule is CC(C)c1ccc(Oc2ccc(C(N)=O)cc2F)cc1. The summed E-state index contributed by atoms with van der Waals surface area (Å²) in [5.41, 5.74) is 6.38. The Labute approximate surface area is 117 Å². The molecule has 2 rings (SSSR count). The van der Waals surface area contributed by atoms with Crippen LogP contribution in [0.2, 0.25) is 0 Å². The molecule has 4 heteroatoms. The fourth-order valence-corrected chi connectivity index (χ4v) is 1.78. The van der Waals surface area contributed by atoms with Crippen molar-refractivity contribution >= 4 is 5.91 Å². The Balaban J connectivity index is 2.19. The van der Waals surface area contributed by atoms with Crippen LogP contribution in [-0.2, 0) is 0 Å². The first-order valence-electron chi connectivity index (χ1n) is 6.34. The fourth-order valence-electron chi connectivity index (χ4n) is 1.78. The lowest BCUT2D eigenvalue weighted by atomic mass is 10.0. The highest BCUT2D eigenvalue weighted by atomic mass is 19.1. The number of ether oxygens (including phenoxy) is 1. The van der Waals surface area contributed by atoms with E-state index in [1.54, 1.807) is 12.1 Å². The highest BCUT2D eigenvalue weighted by Gasteiger charge is 2.09. The summed E-state index contributed by atoms with van der Waals surface area (Å²) in [6.45, 7) is 4.19. The van der Waals surface area contributed by atoms with Crippen LogP contribution in [0.5, 0.6) is 11.5 Å². The van der Waals surface area contributed by atoms with Crippen LogP contribution in [0.3, 0.4) is 0 Å². The number of hydrogen-bond acceptors (Lipinski definition) is 2. The van der Waals surface area contributed by atoms with Crippen molar-refractivity contribution in [1.29, 1.82) is 0 Å². The highest BCUT2D eigenvalue weighted by molar-refractivity contribution is 5.92. The fraction of sp³-hybridized carbons (Fsp3) is 0.188. The van der Waals surface area contributed by atoms with Crippen molar-refractivity contribution in [1.82, 2.24) is 0 Å². The summed E-state index contributed by atoms with van der Waals surface area (Å²) in [5, 5.41) is 0. The molecule has 0 atom stereocenters. The van der Waals surface area contributed by atoms with Crippen LogP contribution >= 0.6 is 0 Å². The highest BCUT2D eigenvalue weighted by Crippen LogP contribution is 2.26. The van der Waals surface area contributed by atoms with E-state index in [9.17, 15) is 9.18 Å². The second kappa shape index (κ2) is 5.74. The number of rotatable bonds is 4. The number of primary amides is 1. The third-order valence-corrected chi connectivity index (χ3v) is 2.99. The smallest absolute Gasteiger partial charge is 0.248 e. The molecule has 104 valence electrons. The molecule has 0 aliphatic carbocycles. The molecule has 2 aromatic rings. The maximum Gasteiger partial charge on any atom is 0.248 e. The van der Waals surface area contributed by atoms with Crippen LogP contribution in [-0.4, -0.2) is 5.91 Å². The van der Waals surface area contributed by atoms with E-state index in [0.29, 0.717) is 11.7 Å². The van der Waals surface area contributed by atoms with E-state index < -0.39 is 11.7 Å². The monoisotopic (exact) mass is 273 g/mol. The number of benzene rings is 2. The Kier molecular flexibility index (Phi) is 4.03. The molecule has 2 aromatic carbocycles. The zero-order chi connectivity index (χ0) is 14.7. The van der Waals surface area contributed by atoms with Gasteiger partial charge in [-0.2, -0.15) is 0 Å². The molecule has 0 aromatic heterocycles. The number of halogens is 1. The lowest BCUT2D eigenvalue weighted by molar-refractivity contribution is 0.1000. The Morgan fingerprint density at radius 1 is 1.15 bits per heavy atom. The van der Waals surface area contributed by atoms with E-state index in [0.717, 1.165) is 6.07 Å². The summed E-state index contributed by atoms with van der Waals surface area (Å²) >= 11 is 0. The molecular weight excluding hydrogens is 257 g/mol. The standard InChI is InChI=1S/C16H16FNO2/c1-10(2)11-3-6-13(7-4-11)20-15-8-5-12(16(18)19)9-14(15)17/h3-10H,1-2H3,(H2,18,19). The quantitative estimate of drug-likeness (QED) is 0.920. The summed E-state index contributed by atoms with van der Waals surface area (Å²) in [6.07, 6.45) is 0. The van der Waals surface area contributed by atoms with Crippen molar-refractivity contribution in [2.24, 2.45) is 5.73 Å². The lowest BCUT2D eigenvalue weighted by Crippen LogP contribution is -2.11. The summed E-state index contributed by atoms with van der Waals surface area (Å²) < 4.78 is 19.2. The maximum atomic E-state index is 13.8. The summed E-state index contributed by atoms with van der Waals surface area (Å²) in [4.78, 5) is 10.9. The van der Waals surface area contributed by atoms with Crippen LogP contribution < -0.4 is 10.5 Å². The molecular formula is C16H16FNO2. The first kappa shape index (κ1) is 14.1. The molecule has 0 radical (unpaired) electrons. The van der Waals surface area contributed by atoms with Crippen molar-refractivity contribution in [2.45, 2.75) is 19.8 Å². The molecule has 0 unspecified atom stereocenters. The minimum atomic E-state index is -0.670. The normalized spacial score (nSPS) is 10.6. The Morgan fingerprint density at radius 3 is 2.30 bits per heavy atom. The van der Waals surface area contributed by atoms with Gasteiger partial charge in [-0.15, -0.1) is 0 Å². The van der Waals surface area contributed by atoms with Gasteiger partial charge in [0.05, 0.1) is 0 Å². The van der Waals surface area contributed by atoms with Gasteiger partial charge in [-0.05, 0) is 41.8 Å². The van der Waals surface area contributed by atoms with Gasteiger partial charge in [-0.25, -0.2) is 4.39 Å². The largest absolute Gasteiger partial charge is 0.454 e. The molecule has 0 fully saturated rings. The molecule has 3 nitrogen and oxygen atoms in total. The predicted molar refractivity (Wildman–Crippen MR) is 75.5 cm³/mol. The second-order valence-electron chi connectivity index (χ2n) is 4.84. The van der Waals surface area contributed by atoms with E-state index in [1.165, 1.54) is 17.7 Å². The van der Waals surface area contributed by atoms with E-state index in [4.69, 9.17) is 10.5 Å². The maximum absolute atomic E-state index is 13.8. The average molecular weight is 273 g/mol. The Bertz CT molecular complexity index is 621. The zero-order valence-corrected chi connectivity index (χ0v) is 11.4. The van der Waals surface area contributed by atoms with Crippen molar-refractivity contribution in [3.8, 4) is 11.5 Å². The van der Waals surface area contributed by atoms with Crippen LogP contribution in [0.1, 0.15) is 35.7 Å². The van der Waals surface area contributed by atoms with Gasteiger partial charge in [0.15, 0.2) is 11.6 Å². The molecule has 0 bridgehead atoms. The van der Waals surface area contributed by atoms with Gasteiger partial charge in [-0.1, -0.05) is 26.0 Å². The van der Waals surface area contributed by atoms with Crippen molar-refractivity contribution in [3.05, 3.63) is 59.4 Å². The second-order valence-corrected chi connectivity index (χ2v) is 4.84. The van der Waals surface area contributed by atoms with E-state index >= 15 is 0 Å². The summed E-state index contributed by atoms with van der Waals surface area (Å²) in [5.74, 6) is -0.256. The third-order valence-electron chi connectivity index (χ3n) is 2.99. The Hall–Kier alpha value is -2.36. The third kappa shape index (κ3) is 3.15. The van der Waals surface area contributed by atoms with Gasteiger partial charge in [0.25, 0.3) is 0 Å². The number of nitrogens with two attached hydrogens (primary N) is 1. The minimum Gasteiger partial charge on any atom is -0.454 e. The van der Waals surface area contributed by atoms with Crippen LogP contribution in [0.4, 0.5) is 4.39 Å². The molecule has 0 aliphatic rings. The van der Waals surface area contributed by atoms with Gasteiger partial charge in [0.1, 0.15) is 5.75 Å². The number of hydrogen-bond donors (Lipinski definition) is 1. The van der Waals surface area contributed by atoms with Crippen molar-refractivity contribution in [2.75, 3.05) is 0 Å². The number of carbonyl (C=O) groups is 1. The summed E-state index contributed by atoms with van der Waals surface area (Å²) in [6, 6.07) is 11.4. The number of amides is 1. The molecule has 1 amide bonds. The molecule has 0 aliphatic heterocycles. The van der Waals surface area contributed by atoms with Crippen LogP contribution in [0, 0.1) is 5.82 Å². The van der Waals surface area contributed by atoms with Crippen molar-refractivity contribution < 1.29 is 13.9 Å². The first-order chi connectivity index (χ1) is 9.47. The molecule has 2 N–H and O–H groups in total. The van der Waals surface area contributed by atoms with E-state index in [2.05, 4.69) is 13.8 Å². The van der Waals surface area contributed by atoms with Gasteiger partial charge in [0, 0.05) is 5.56 Å². The van der Waals surface area contributed by atoms with Gasteiger partial charge in [-0.3, -0.25) is 4.79 Å². The number of carbonyl (C=O) groups excluding carboxylic acids is 1. The first-order valence-corrected chi connectivity index (χ1v) is 6.34. The predicted octanol–water partition coefficient (Wildman–Crippen LogP) is 3.84. The molecule has 0 heterocycles. The zero-order valence-electron chi connectivity index (χ0n) is 11.4. The lowest BCUT2D eigenvalue weighted by Gasteiger charge is -2.09. The van der Waals surface area contributed by atoms with E-state index in [1.807, 2.05) is 12.1 Å². The van der Waals surface area contributed by atoms with E-state index in [-0.39, 0.29) is 11.3 Å². The van der Waals surface area contributed by atoms with Crippen LogP contribution in [0.25, 0.3) is 0 Å². The molecule has 20 heavy (non-hydrogen) atoms. The Morgan fingerprint density at radius 2 is 1.80 bits per heavy atom. The topological polar surface area (TPSA) is 52.3 Å². The van der Waals surface area contributed by atoms with Gasteiger partial charge >= 0.3 is 0 Å². The summed E-state index contributed by atoms with van der Waals surface area (Å²) in [7, 11) is 0. The minimum absolute atomic E-state index is 0.0623. The average Bonchev–Trinajstić information content (AvgIpc) is 2.41. The van der Waals surface area contributed by atoms with Crippen LogP contribution in [0.15, 0.2) is 42.5 Å². The van der Waals surface area contributed by atoms with Crippen molar-refractivity contribution in [3.63, 3.8) is 0 Å².